The summed E-state index contributed by atoms with van der Waals surface area (Å²) in [5, 5.41) is -0.357. The van der Waals surface area contributed by atoms with Crippen LogP contribution < -0.4 is 0 Å². The quantitative estimate of drug-likeness (QED) is 0.597. The van der Waals surface area contributed by atoms with E-state index in [1.165, 1.54) is 11.1 Å². The van der Waals surface area contributed by atoms with Gasteiger partial charge in [-0.15, -0.1) is 0 Å². The number of amides is 1. The standard InChI is InChI=1S/C17H16ClNO/c18-17(20)19-11-15(13-7-3-1-4-8-13)16(12-19)14-9-5-2-6-10-14/h1-10,15-16H,11-12H2/t15-,16-/m0/s1. The number of benzene rings is 2. The van der Waals surface area contributed by atoms with Crippen molar-refractivity contribution < 1.29 is 4.79 Å². The zero-order valence-corrected chi connectivity index (χ0v) is 11.8. The topological polar surface area (TPSA) is 20.3 Å². The fourth-order valence-electron chi connectivity index (χ4n) is 3.02. The largest absolute Gasteiger partial charge is 0.328 e. The molecule has 0 N–H and O–H groups in total. The van der Waals surface area contributed by atoms with Gasteiger partial charge in [0.05, 0.1) is 0 Å². The molecule has 3 rings (SSSR count). The zero-order valence-electron chi connectivity index (χ0n) is 11.1. The number of hydrogen-bond acceptors (Lipinski definition) is 1. The molecule has 0 spiro atoms. The molecule has 2 atom stereocenters. The van der Waals surface area contributed by atoms with Crippen LogP contribution in [0.4, 0.5) is 4.79 Å². The molecule has 1 aliphatic heterocycles. The molecule has 0 aliphatic carbocycles. The lowest BCUT2D eigenvalue weighted by Crippen LogP contribution is -2.23. The van der Waals surface area contributed by atoms with Gasteiger partial charge in [-0.05, 0) is 22.7 Å². The molecular formula is C17H16ClNO. The molecule has 1 amide bonds. The van der Waals surface area contributed by atoms with Gasteiger partial charge in [0, 0.05) is 24.9 Å². The number of hydrogen-bond donors (Lipinski definition) is 0. The Morgan fingerprint density at radius 1 is 0.850 bits per heavy atom. The highest BCUT2D eigenvalue weighted by Gasteiger charge is 2.36. The van der Waals surface area contributed by atoms with Crippen LogP contribution in [0.3, 0.4) is 0 Å². The number of nitrogens with zero attached hydrogens (tertiary/aromatic N) is 1. The van der Waals surface area contributed by atoms with Gasteiger partial charge in [-0.1, -0.05) is 60.7 Å². The van der Waals surface area contributed by atoms with Crippen LogP contribution in [0.15, 0.2) is 60.7 Å². The van der Waals surface area contributed by atoms with E-state index in [4.69, 9.17) is 11.6 Å². The highest BCUT2D eigenvalue weighted by molar-refractivity contribution is 6.62. The van der Waals surface area contributed by atoms with Gasteiger partial charge < -0.3 is 4.90 Å². The second-order valence-electron chi connectivity index (χ2n) is 5.19. The average molecular weight is 286 g/mol. The summed E-state index contributed by atoms with van der Waals surface area (Å²) in [5.74, 6) is 0.614. The molecule has 1 saturated heterocycles. The first-order valence-corrected chi connectivity index (χ1v) is 7.18. The van der Waals surface area contributed by atoms with Crippen LogP contribution in [-0.2, 0) is 0 Å². The molecule has 102 valence electrons. The second kappa shape index (κ2) is 5.68. The molecule has 0 radical (unpaired) electrons. The third kappa shape index (κ3) is 2.56. The van der Waals surface area contributed by atoms with E-state index >= 15 is 0 Å². The van der Waals surface area contributed by atoms with Crippen LogP contribution in [0.2, 0.25) is 0 Å². The Morgan fingerprint density at radius 2 is 1.25 bits per heavy atom. The lowest BCUT2D eigenvalue weighted by Gasteiger charge is -2.18. The Labute approximate surface area is 124 Å². The van der Waals surface area contributed by atoms with E-state index in [9.17, 15) is 4.79 Å². The third-order valence-electron chi connectivity index (χ3n) is 4.02. The van der Waals surface area contributed by atoms with E-state index in [0.29, 0.717) is 24.9 Å². The number of likely N-dealkylation sites (tertiary alicyclic amines) is 1. The van der Waals surface area contributed by atoms with Crippen molar-refractivity contribution >= 4 is 17.0 Å². The van der Waals surface area contributed by atoms with Crippen molar-refractivity contribution in [2.24, 2.45) is 0 Å². The first kappa shape index (κ1) is 13.2. The molecule has 3 heteroatoms. The predicted octanol–water partition coefficient (Wildman–Crippen LogP) is 4.23. The maximum atomic E-state index is 11.5. The summed E-state index contributed by atoms with van der Waals surface area (Å²) in [7, 11) is 0. The summed E-state index contributed by atoms with van der Waals surface area (Å²) in [4.78, 5) is 13.2. The molecule has 0 saturated carbocycles. The van der Waals surface area contributed by atoms with E-state index in [1.54, 1.807) is 4.90 Å². The van der Waals surface area contributed by atoms with Crippen LogP contribution in [0.1, 0.15) is 23.0 Å². The summed E-state index contributed by atoms with van der Waals surface area (Å²) in [6, 6.07) is 20.7. The Bertz CT molecular complexity index is 537. The van der Waals surface area contributed by atoms with Crippen LogP contribution in [0.25, 0.3) is 0 Å². The second-order valence-corrected chi connectivity index (χ2v) is 5.52. The SMILES string of the molecule is O=C(Cl)N1C[C@@H](c2ccccc2)[C@H](c2ccccc2)C1. The molecule has 20 heavy (non-hydrogen) atoms. The van der Waals surface area contributed by atoms with Crippen LogP contribution in [-0.4, -0.2) is 23.4 Å². The van der Waals surface area contributed by atoms with Crippen molar-refractivity contribution in [2.75, 3.05) is 13.1 Å². The first-order valence-electron chi connectivity index (χ1n) is 6.80. The van der Waals surface area contributed by atoms with Gasteiger partial charge in [0.1, 0.15) is 0 Å². The minimum absolute atomic E-state index is 0.307. The Hall–Kier alpha value is -1.80. The van der Waals surface area contributed by atoms with E-state index in [0.717, 1.165) is 0 Å². The van der Waals surface area contributed by atoms with E-state index < -0.39 is 0 Å². The summed E-state index contributed by atoms with van der Waals surface area (Å²) in [6.07, 6.45) is 0. The highest BCUT2D eigenvalue weighted by atomic mass is 35.5. The van der Waals surface area contributed by atoms with E-state index in [1.807, 2.05) is 36.4 Å². The molecule has 1 aliphatic rings. The van der Waals surface area contributed by atoms with Crippen LogP contribution >= 0.6 is 11.6 Å². The highest BCUT2D eigenvalue weighted by Crippen LogP contribution is 2.39. The Kier molecular flexibility index (Phi) is 3.75. The molecular weight excluding hydrogens is 270 g/mol. The van der Waals surface area contributed by atoms with Crippen molar-refractivity contribution in [3.63, 3.8) is 0 Å². The van der Waals surface area contributed by atoms with Gasteiger partial charge in [0.2, 0.25) is 0 Å². The van der Waals surface area contributed by atoms with Crippen LogP contribution in [0, 0.1) is 0 Å². The fourth-order valence-corrected chi connectivity index (χ4v) is 3.16. The zero-order chi connectivity index (χ0) is 13.9. The first-order chi connectivity index (χ1) is 9.75. The summed E-state index contributed by atoms with van der Waals surface area (Å²) in [6.45, 7) is 1.37. The van der Waals surface area contributed by atoms with Gasteiger partial charge in [-0.2, -0.15) is 0 Å². The molecule has 0 aromatic heterocycles. The van der Waals surface area contributed by atoms with Crippen LogP contribution in [0.5, 0.6) is 0 Å². The number of rotatable bonds is 2. The minimum atomic E-state index is -0.357. The summed E-state index contributed by atoms with van der Waals surface area (Å²) in [5.41, 5.74) is 2.53. The van der Waals surface area contributed by atoms with Crippen molar-refractivity contribution in [3.8, 4) is 0 Å². The summed E-state index contributed by atoms with van der Waals surface area (Å²) < 4.78 is 0. The van der Waals surface area contributed by atoms with Gasteiger partial charge in [0.15, 0.2) is 0 Å². The third-order valence-corrected chi connectivity index (χ3v) is 4.26. The molecule has 2 nitrogen and oxygen atoms in total. The Morgan fingerprint density at radius 3 is 1.60 bits per heavy atom. The molecule has 1 fully saturated rings. The normalized spacial score (nSPS) is 21.9. The van der Waals surface area contributed by atoms with Gasteiger partial charge >= 0.3 is 5.37 Å². The molecule has 2 aromatic rings. The van der Waals surface area contributed by atoms with Crippen molar-refractivity contribution in [1.82, 2.24) is 4.90 Å². The average Bonchev–Trinajstić information content (AvgIpc) is 2.94. The lowest BCUT2D eigenvalue weighted by molar-refractivity contribution is 0.231. The van der Waals surface area contributed by atoms with E-state index in [2.05, 4.69) is 24.3 Å². The number of carbonyl (C=O) groups excluding carboxylic acids is 1. The number of carbonyl (C=O) groups is 1. The molecule has 0 bridgehead atoms. The van der Waals surface area contributed by atoms with Crippen molar-refractivity contribution in [3.05, 3.63) is 71.8 Å². The van der Waals surface area contributed by atoms with Crippen molar-refractivity contribution in [2.45, 2.75) is 11.8 Å². The Balaban J connectivity index is 1.95. The molecule has 2 aromatic carbocycles. The molecule has 0 unspecified atom stereocenters. The van der Waals surface area contributed by atoms with E-state index in [-0.39, 0.29) is 5.37 Å². The molecule has 1 heterocycles. The minimum Gasteiger partial charge on any atom is -0.328 e. The lowest BCUT2D eigenvalue weighted by atomic mass is 9.84. The smallest absolute Gasteiger partial charge is 0.316 e. The monoisotopic (exact) mass is 285 g/mol. The van der Waals surface area contributed by atoms with Gasteiger partial charge in [-0.25, -0.2) is 0 Å². The maximum Gasteiger partial charge on any atom is 0.316 e. The summed E-state index contributed by atoms with van der Waals surface area (Å²) >= 11 is 5.68. The number of halogens is 1. The van der Waals surface area contributed by atoms with Crippen molar-refractivity contribution in [1.29, 1.82) is 0 Å². The van der Waals surface area contributed by atoms with Gasteiger partial charge in [0.25, 0.3) is 0 Å². The maximum absolute atomic E-state index is 11.5. The fraction of sp³-hybridized carbons (Fsp3) is 0.235. The van der Waals surface area contributed by atoms with Gasteiger partial charge in [-0.3, -0.25) is 4.79 Å². The predicted molar refractivity (Wildman–Crippen MR) is 81.2 cm³/mol.